The highest BCUT2D eigenvalue weighted by Gasteiger charge is 2.55. The van der Waals surface area contributed by atoms with E-state index in [0.717, 1.165) is 30.7 Å². The number of pyridine rings is 1. The zero-order valence-electron chi connectivity index (χ0n) is 17.3. The second kappa shape index (κ2) is 6.07. The minimum absolute atomic E-state index is 0.125. The quantitative estimate of drug-likeness (QED) is 0.686. The Kier molecular flexibility index (Phi) is 3.50. The molecular weight excluding hydrogens is 368 g/mol. The van der Waals surface area contributed by atoms with Crippen molar-refractivity contribution in [2.75, 3.05) is 13.1 Å². The summed E-state index contributed by atoms with van der Waals surface area (Å²) in [6.07, 6.45) is 7.29. The Hall–Kier alpha value is -2.39. The van der Waals surface area contributed by atoms with E-state index in [1.165, 1.54) is 60.1 Å². The van der Waals surface area contributed by atoms with Crippen LogP contribution in [-0.2, 0) is 24.7 Å². The molecule has 3 atom stereocenters. The van der Waals surface area contributed by atoms with Gasteiger partial charge in [-0.1, -0.05) is 24.3 Å². The van der Waals surface area contributed by atoms with Crippen molar-refractivity contribution in [1.29, 1.82) is 0 Å². The van der Waals surface area contributed by atoms with Gasteiger partial charge in [-0.3, -0.25) is 9.88 Å². The van der Waals surface area contributed by atoms with Gasteiger partial charge in [0.25, 0.3) is 0 Å². The van der Waals surface area contributed by atoms with Gasteiger partial charge in [0, 0.05) is 35.5 Å². The molecule has 3 nitrogen and oxygen atoms in total. The lowest BCUT2D eigenvalue weighted by Crippen LogP contribution is -2.62. The number of aromatic nitrogens is 1. The fourth-order valence-corrected chi connectivity index (χ4v) is 6.92. The number of hydrogen-bond acceptors (Lipinski definition) is 3. The van der Waals surface area contributed by atoms with Gasteiger partial charge in [0.15, 0.2) is 0 Å². The van der Waals surface area contributed by atoms with E-state index in [0.29, 0.717) is 17.7 Å². The van der Waals surface area contributed by atoms with Gasteiger partial charge in [0.05, 0.1) is 5.52 Å². The predicted molar refractivity (Wildman–Crippen MR) is 119 cm³/mol. The van der Waals surface area contributed by atoms with E-state index in [4.69, 9.17) is 4.98 Å². The molecule has 0 spiro atoms. The molecule has 152 valence electrons. The van der Waals surface area contributed by atoms with Gasteiger partial charge in [-0.2, -0.15) is 0 Å². The Bertz CT molecular complexity index is 1170. The molecule has 7 rings (SSSR count). The van der Waals surface area contributed by atoms with Crippen LogP contribution in [0.5, 0.6) is 5.75 Å². The molecule has 2 bridgehead atoms. The van der Waals surface area contributed by atoms with E-state index in [1.807, 2.05) is 6.07 Å². The Morgan fingerprint density at radius 1 is 1.03 bits per heavy atom. The molecule has 2 aromatic carbocycles. The van der Waals surface area contributed by atoms with Crippen LogP contribution in [0, 0.1) is 11.8 Å². The summed E-state index contributed by atoms with van der Waals surface area (Å²) in [5, 5.41) is 11.6. The third-order valence-corrected chi connectivity index (χ3v) is 8.55. The van der Waals surface area contributed by atoms with Crippen LogP contribution < -0.4 is 0 Å². The van der Waals surface area contributed by atoms with Crippen LogP contribution in [0.1, 0.15) is 41.6 Å². The van der Waals surface area contributed by atoms with Gasteiger partial charge < -0.3 is 5.11 Å². The normalized spacial score (nSPS) is 29.9. The Morgan fingerprint density at radius 2 is 1.93 bits per heavy atom. The minimum Gasteiger partial charge on any atom is -0.508 e. The van der Waals surface area contributed by atoms with E-state index in [9.17, 15) is 5.11 Å². The van der Waals surface area contributed by atoms with Crippen molar-refractivity contribution in [3.05, 3.63) is 70.9 Å². The number of likely N-dealkylation sites (tertiary alicyclic amines) is 1. The molecule has 0 radical (unpaired) electrons. The molecule has 3 heteroatoms. The summed E-state index contributed by atoms with van der Waals surface area (Å²) in [5.41, 5.74) is 6.85. The van der Waals surface area contributed by atoms with Gasteiger partial charge in [0.2, 0.25) is 0 Å². The molecule has 3 aromatic rings. The van der Waals surface area contributed by atoms with Gasteiger partial charge in [0.1, 0.15) is 5.75 Å². The van der Waals surface area contributed by atoms with Crippen molar-refractivity contribution in [2.24, 2.45) is 11.8 Å². The first kappa shape index (κ1) is 17.3. The van der Waals surface area contributed by atoms with Crippen molar-refractivity contribution in [1.82, 2.24) is 9.88 Å². The number of phenols is 1. The summed E-state index contributed by atoms with van der Waals surface area (Å²) in [4.78, 5) is 7.97. The summed E-state index contributed by atoms with van der Waals surface area (Å²) < 4.78 is 0. The minimum atomic E-state index is 0.125. The van der Waals surface area contributed by atoms with E-state index in [1.54, 1.807) is 0 Å². The molecule has 3 unspecified atom stereocenters. The molecule has 0 amide bonds. The van der Waals surface area contributed by atoms with E-state index >= 15 is 0 Å². The third kappa shape index (κ3) is 2.45. The monoisotopic (exact) mass is 396 g/mol. The van der Waals surface area contributed by atoms with Crippen LogP contribution in [0.4, 0.5) is 0 Å². The number of aromatic hydroxyl groups is 1. The first-order chi connectivity index (χ1) is 14.7. The van der Waals surface area contributed by atoms with Crippen molar-refractivity contribution in [3.8, 4) is 5.75 Å². The van der Waals surface area contributed by atoms with E-state index in [2.05, 4.69) is 47.4 Å². The van der Waals surface area contributed by atoms with Crippen LogP contribution >= 0.6 is 0 Å². The number of para-hydroxylation sites is 1. The highest BCUT2D eigenvalue weighted by Crippen LogP contribution is 2.55. The van der Waals surface area contributed by atoms with E-state index in [-0.39, 0.29) is 5.41 Å². The number of piperidine rings is 1. The smallest absolute Gasteiger partial charge is 0.115 e. The molecule has 1 aliphatic heterocycles. The molecule has 30 heavy (non-hydrogen) atoms. The highest BCUT2D eigenvalue weighted by molar-refractivity contribution is 5.79. The molecular formula is C27H28N2O. The van der Waals surface area contributed by atoms with Crippen molar-refractivity contribution in [3.63, 3.8) is 0 Å². The van der Waals surface area contributed by atoms with Crippen LogP contribution in [0.15, 0.2) is 48.5 Å². The molecule has 2 heterocycles. The van der Waals surface area contributed by atoms with Gasteiger partial charge in [-0.25, -0.2) is 0 Å². The average Bonchev–Trinajstić information content (AvgIpc) is 3.57. The number of phenolic OH excluding ortho intramolecular Hbond substituents is 1. The molecule has 3 aliphatic carbocycles. The average molecular weight is 397 g/mol. The number of fused-ring (bicyclic) bond motifs is 3. The summed E-state index contributed by atoms with van der Waals surface area (Å²) in [7, 11) is 0. The highest BCUT2D eigenvalue weighted by atomic mass is 16.3. The summed E-state index contributed by atoms with van der Waals surface area (Å²) in [6.45, 7) is 2.48. The first-order valence-corrected chi connectivity index (χ1v) is 11.6. The molecule has 1 saturated heterocycles. The number of benzene rings is 2. The lowest BCUT2D eigenvalue weighted by atomic mass is 9.52. The fraction of sp³-hybridized carbons (Fsp3) is 0.444. The van der Waals surface area contributed by atoms with E-state index < -0.39 is 0 Å². The fourth-order valence-electron chi connectivity index (χ4n) is 6.92. The lowest BCUT2D eigenvalue weighted by Gasteiger charge is -2.59. The summed E-state index contributed by atoms with van der Waals surface area (Å²) in [6, 6.07) is 17.7. The second-order valence-corrected chi connectivity index (χ2v) is 10.2. The molecule has 1 N–H and O–H groups in total. The molecule has 2 fully saturated rings. The standard InChI is InChI=1S/C27H28N2O/c30-21-8-7-18-13-26-23-12-20-11-19-3-1-2-4-24(19)28-25(20)15-27(23,22(18)14-21)9-10-29(26)16-17-5-6-17/h1-4,7-8,11,14,17,23,26,30H,5-6,9-10,12-13,15-16H2. The topological polar surface area (TPSA) is 36.4 Å². The Morgan fingerprint density at radius 3 is 2.83 bits per heavy atom. The molecule has 4 aliphatic rings. The van der Waals surface area contributed by atoms with Crippen LogP contribution in [0.2, 0.25) is 0 Å². The SMILES string of the molecule is Oc1ccc2c(c1)C13CCN(CC4CC4)C(C2)C1Cc1cc2ccccc2nc1C3. The maximum atomic E-state index is 10.4. The number of rotatable bonds is 2. The maximum absolute atomic E-state index is 10.4. The number of nitrogens with zero attached hydrogens (tertiary/aromatic N) is 2. The third-order valence-electron chi connectivity index (χ3n) is 8.55. The van der Waals surface area contributed by atoms with Crippen molar-refractivity contribution >= 4 is 10.9 Å². The van der Waals surface area contributed by atoms with Gasteiger partial charge in [-0.15, -0.1) is 0 Å². The largest absolute Gasteiger partial charge is 0.508 e. The zero-order chi connectivity index (χ0) is 19.9. The summed E-state index contributed by atoms with van der Waals surface area (Å²) in [5.74, 6) is 1.97. The zero-order valence-corrected chi connectivity index (χ0v) is 17.3. The van der Waals surface area contributed by atoms with Crippen LogP contribution in [-0.4, -0.2) is 34.1 Å². The van der Waals surface area contributed by atoms with Crippen LogP contribution in [0.3, 0.4) is 0 Å². The van der Waals surface area contributed by atoms with Gasteiger partial charge >= 0.3 is 0 Å². The van der Waals surface area contributed by atoms with Gasteiger partial charge in [-0.05, 0) is 91.4 Å². The first-order valence-electron chi connectivity index (χ1n) is 11.6. The predicted octanol–water partition coefficient (Wildman–Crippen LogP) is 4.63. The lowest BCUT2D eigenvalue weighted by molar-refractivity contribution is 0.00473. The van der Waals surface area contributed by atoms with Crippen molar-refractivity contribution < 1.29 is 5.11 Å². The summed E-state index contributed by atoms with van der Waals surface area (Å²) >= 11 is 0. The van der Waals surface area contributed by atoms with Crippen molar-refractivity contribution in [2.45, 2.75) is 50.0 Å². The Balaban J connectivity index is 1.40. The second-order valence-electron chi connectivity index (χ2n) is 10.2. The van der Waals surface area contributed by atoms with Crippen LogP contribution in [0.25, 0.3) is 10.9 Å². The molecule has 1 aromatic heterocycles. The number of hydrogen-bond donors (Lipinski definition) is 1. The Labute approximate surface area is 177 Å². The maximum Gasteiger partial charge on any atom is 0.115 e. The molecule has 1 saturated carbocycles.